The molecular weight excluding hydrogens is 278 g/mol. The lowest BCUT2D eigenvalue weighted by atomic mass is 10.1. The van der Waals surface area contributed by atoms with Gasteiger partial charge in [0.15, 0.2) is 12.1 Å². The van der Waals surface area contributed by atoms with Crippen molar-refractivity contribution >= 4 is 22.9 Å². The van der Waals surface area contributed by atoms with Gasteiger partial charge < -0.3 is 10.5 Å². The van der Waals surface area contributed by atoms with Gasteiger partial charge in [-0.2, -0.15) is 0 Å². The summed E-state index contributed by atoms with van der Waals surface area (Å²) in [5, 5.41) is 3.03. The van der Waals surface area contributed by atoms with Crippen LogP contribution in [0.3, 0.4) is 0 Å². The number of rotatable bonds is 2. The minimum atomic E-state index is -0.265. The van der Waals surface area contributed by atoms with Gasteiger partial charge in [-0.25, -0.2) is 9.98 Å². The number of hydrogen-bond donors (Lipinski definition) is 2. The van der Waals surface area contributed by atoms with Gasteiger partial charge >= 0.3 is 0 Å². The van der Waals surface area contributed by atoms with Gasteiger partial charge in [-0.15, -0.1) is 0 Å². The number of ether oxygens (including phenoxy) is 1. The predicted octanol–water partition coefficient (Wildman–Crippen LogP) is 2.33. The number of anilines is 1. The number of benzene rings is 2. The number of methoxy groups -OCH3 is 1. The van der Waals surface area contributed by atoms with Crippen LogP contribution in [0.2, 0.25) is 0 Å². The lowest BCUT2D eigenvalue weighted by molar-refractivity contribution is 0.413. The number of fused-ring (bicyclic) bond motifs is 3. The molecule has 110 valence electrons. The van der Waals surface area contributed by atoms with Crippen LogP contribution in [0.25, 0.3) is 11.0 Å². The lowest BCUT2D eigenvalue weighted by Gasteiger charge is -2.24. The van der Waals surface area contributed by atoms with Gasteiger partial charge in [0.2, 0.25) is 5.95 Å². The molecular formula is C16H15N5O. The number of imidazole rings is 1. The van der Waals surface area contributed by atoms with Crippen molar-refractivity contribution in [2.75, 3.05) is 12.4 Å². The molecule has 0 bridgehead atoms. The largest absolute Gasteiger partial charge is 0.497 e. The molecule has 4 rings (SSSR count). The first kappa shape index (κ1) is 12.7. The number of nitrogens with zero attached hydrogens (tertiary/aromatic N) is 3. The van der Waals surface area contributed by atoms with E-state index in [9.17, 15) is 0 Å². The molecule has 6 heteroatoms. The maximum absolute atomic E-state index is 5.92. The minimum Gasteiger partial charge on any atom is -0.497 e. The molecule has 3 aromatic rings. The van der Waals surface area contributed by atoms with Crippen molar-refractivity contribution in [3.63, 3.8) is 0 Å². The second-order valence-electron chi connectivity index (χ2n) is 5.08. The Hall–Kier alpha value is -3.02. The summed E-state index contributed by atoms with van der Waals surface area (Å²) >= 11 is 0. The molecule has 0 spiro atoms. The predicted molar refractivity (Wildman–Crippen MR) is 86.1 cm³/mol. The third kappa shape index (κ3) is 1.88. The average Bonchev–Trinajstić information content (AvgIpc) is 2.92. The fourth-order valence-corrected chi connectivity index (χ4v) is 2.74. The SMILES string of the molecule is COc1cccc([C@@H]2N=C(N)Nc3nc4ccccc4n32)c1. The highest BCUT2D eigenvalue weighted by Gasteiger charge is 2.25. The fraction of sp³-hybridized carbons (Fsp3) is 0.125. The zero-order chi connectivity index (χ0) is 15.1. The Morgan fingerprint density at radius 2 is 2.05 bits per heavy atom. The Kier molecular flexibility index (Phi) is 2.75. The van der Waals surface area contributed by atoms with Gasteiger partial charge in [-0.3, -0.25) is 9.88 Å². The highest BCUT2D eigenvalue weighted by molar-refractivity contribution is 5.94. The number of para-hydroxylation sites is 2. The highest BCUT2D eigenvalue weighted by Crippen LogP contribution is 2.33. The molecule has 0 unspecified atom stereocenters. The smallest absolute Gasteiger partial charge is 0.212 e. The third-order valence-corrected chi connectivity index (χ3v) is 3.73. The first-order valence-corrected chi connectivity index (χ1v) is 6.97. The van der Waals surface area contributed by atoms with Crippen LogP contribution in [0.4, 0.5) is 5.95 Å². The Bertz CT molecular complexity index is 883. The van der Waals surface area contributed by atoms with E-state index in [1.54, 1.807) is 7.11 Å². The first-order valence-electron chi connectivity index (χ1n) is 6.97. The molecule has 0 aliphatic carbocycles. The van der Waals surface area contributed by atoms with Crippen LogP contribution in [-0.4, -0.2) is 22.6 Å². The van der Waals surface area contributed by atoms with Crippen molar-refractivity contribution in [3.8, 4) is 5.75 Å². The average molecular weight is 293 g/mol. The van der Waals surface area contributed by atoms with Gasteiger partial charge in [0.1, 0.15) is 5.75 Å². The summed E-state index contributed by atoms with van der Waals surface area (Å²) in [5.74, 6) is 1.84. The van der Waals surface area contributed by atoms with Gasteiger partial charge in [0, 0.05) is 5.56 Å². The Morgan fingerprint density at radius 3 is 2.91 bits per heavy atom. The van der Waals surface area contributed by atoms with E-state index in [1.165, 1.54) is 0 Å². The van der Waals surface area contributed by atoms with E-state index in [2.05, 4.69) is 15.3 Å². The van der Waals surface area contributed by atoms with E-state index >= 15 is 0 Å². The Labute approximate surface area is 127 Å². The normalized spacial score (nSPS) is 16.8. The lowest BCUT2D eigenvalue weighted by Crippen LogP contribution is -2.31. The Morgan fingerprint density at radius 1 is 1.18 bits per heavy atom. The summed E-state index contributed by atoms with van der Waals surface area (Å²) in [6, 6.07) is 15.8. The van der Waals surface area contributed by atoms with Crippen LogP contribution < -0.4 is 15.8 Å². The van der Waals surface area contributed by atoms with Crippen molar-refractivity contribution < 1.29 is 4.74 Å². The zero-order valence-electron chi connectivity index (χ0n) is 12.0. The molecule has 1 aliphatic rings. The third-order valence-electron chi connectivity index (χ3n) is 3.73. The molecule has 0 fully saturated rings. The van der Waals surface area contributed by atoms with Gasteiger partial charge in [0.25, 0.3) is 0 Å². The summed E-state index contributed by atoms with van der Waals surface area (Å²) in [6.45, 7) is 0. The molecule has 0 amide bonds. The van der Waals surface area contributed by atoms with E-state index in [1.807, 2.05) is 53.1 Å². The van der Waals surface area contributed by atoms with E-state index in [-0.39, 0.29) is 6.17 Å². The van der Waals surface area contributed by atoms with Crippen LogP contribution in [0.1, 0.15) is 11.7 Å². The number of aromatic nitrogens is 2. The number of aliphatic imine (C=N–C) groups is 1. The molecule has 1 aliphatic heterocycles. The van der Waals surface area contributed by atoms with Gasteiger partial charge in [-0.05, 0) is 24.3 Å². The van der Waals surface area contributed by atoms with Crippen molar-refractivity contribution in [2.45, 2.75) is 6.17 Å². The van der Waals surface area contributed by atoms with Crippen LogP contribution in [-0.2, 0) is 0 Å². The maximum Gasteiger partial charge on any atom is 0.212 e. The van der Waals surface area contributed by atoms with Gasteiger partial charge in [0.05, 0.1) is 18.1 Å². The summed E-state index contributed by atoms with van der Waals surface area (Å²) in [7, 11) is 1.65. The highest BCUT2D eigenvalue weighted by atomic mass is 16.5. The van der Waals surface area contributed by atoms with Crippen molar-refractivity contribution in [1.82, 2.24) is 9.55 Å². The van der Waals surface area contributed by atoms with Crippen molar-refractivity contribution in [3.05, 3.63) is 54.1 Å². The molecule has 1 aromatic heterocycles. The summed E-state index contributed by atoms with van der Waals surface area (Å²) in [5.41, 5.74) is 8.83. The van der Waals surface area contributed by atoms with E-state index in [0.717, 1.165) is 22.3 Å². The van der Waals surface area contributed by atoms with Crippen LogP contribution >= 0.6 is 0 Å². The minimum absolute atomic E-state index is 0.265. The van der Waals surface area contributed by atoms with Crippen LogP contribution in [0.15, 0.2) is 53.5 Å². The molecule has 6 nitrogen and oxygen atoms in total. The summed E-state index contributed by atoms with van der Waals surface area (Å²) in [4.78, 5) is 9.12. The van der Waals surface area contributed by atoms with Gasteiger partial charge in [-0.1, -0.05) is 24.3 Å². The summed E-state index contributed by atoms with van der Waals surface area (Å²) < 4.78 is 7.35. The first-order chi connectivity index (χ1) is 10.8. The molecule has 0 saturated heterocycles. The molecule has 2 aromatic carbocycles. The number of nitrogens with one attached hydrogen (secondary N) is 1. The zero-order valence-corrected chi connectivity index (χ0v) is 12.0. The standard InChI is InChI=1S/C16H15N5O/c1-22-11-6-4-5-10(9-11)14-19-15(17)20-16-18-12-7-2-3-8-13(12)21(14)16/h2-9,14H,1H3,(H3,17,18,19,20)/t14-/m1/s1. The second-order valence-corrected chi connectivity index (χ2v) is 5.08. The van der Waals surface area contributed by atoms with E-state index < -0.39 is 0 Å². The monoisotopic (exact) mass is 293 g/mol. The fourth-order valence-electron chi connectivity index (χ4n) is 2.74. The molecule has 3 N–H and O–H groups in total. The maximum atomic E-state index is 5.92. The van der Waals surface area contributed by atoms with Crippen LogP contribution in [0, 0.1) is 0 Å². The van der Waals surface area contributed by atoms with E-state index in [0.29, 0.717) is 11.9 Å². The number of nitrogens with two attached hydrogens (primary N) is 1. The van der Waals surface area contributed by atoms with Crippen molar-refractivity contribution in [2.24, 2.45) is 10.7 Å². The van der Waals surface area contributed by atoms with Crippen molar-refractivity contribution in [1.29, 1.82) is 0 Å². The molecule has 0 radical (unpaired) electrons. The molecule has 22 heavy (non-hydrogen) atoms. The number of hydrogen-bond acceptors (Lipinski definition) is 5. The second kappa shape index (κ2) is 4.77. The molecule has 1 atom stereocenters. The van der Waals surface area contributed by atoms with E-state index in [4.69, 9.17) is 10.5 Å². The summed E-state index contributed by atoms with van der Waals surface area (Å²) in [6.07, 6.45) is -0.265. The molecule has 0 saturated carbocycles. The Balaban J connectivity index is 1.94. The van der Waals surface area contributed by atoms with Crippen LogP contribution in [0.5, 0.6) is 5.75 Å². The quantitative estimate of drug-likeness (QED) is 0.760. The molecule has 2 heterocycles. The topological polar surface area (TPSA) is 77.5 Å². The number of guanidine groups is 1.